The number of methoxy groups -OCH3 is 1. The van der Waals surface area contributed by atoms with Crippen molar-refractivity contribution in [3.63, 3.8) is 0 Å². The van der Waals surface area contributed by atoms with Gasteiger partial charge in [-0.25, -0.2) is 0 Å². The fourth-order valence-corrected chi connectivity index (χ4v) is 5.12. The second kappa shape index (κ2) is 5.80. The van der Waals surface area contributed by atoms with Gasteiger partial charge in [0.25, 0.3) is 7.41 Å². The van der Waals surface area contributed by atoms with Crippen LogP contribution in [0, 0.1) is 0 Å². The third-order valence-electron chi connectivity index (χ3n) is 5.92. The lowest BCUT2D eigenvalue weighted by atomic mass is 9.83. The third-order valence-corrected chi connectivity index (χ3v) is 10.4. The van der Waals surface area contributed by atoms with E-state index >= 15 is 0 Å². The summed E-state index contributed by atoms with van der Waals surface area (Å²) in [6, 6.07) is 0.486. The maximum atomic E-state index is 11.1. The average Bonchev–Trinajstić information content (AvgIpc) is 2.81. The summed E-state index contributed by atoms with van der Waals surface area (Å²) >= 11 is 0. The molecular formula is C15H30BNO3Si. The first kappa shape index (κ1) is 17.2. The van der Waals surface area contributed by atoms with Gasteiger partial charge in [0.05, 0.1) is 24.4 Å². The number of fused-ring (bicyclic) bond motifs is 2. The fourth-order valence-electron chi connectivity index (χ4n) is 3.74. The van der Waals surface area contributed by atoms with Crippen LogP contribution in [0.25, 0.3) is 0 Å². The van der Waals surface area contributed by atoms with Crippen molar-refractivity contribution in [3.05, 3.63) is 0 Å². The normalized spacial score (nSPS) is 33.4. The summed E-state index contributed by atoms with van der Waals surface area (Å²) in [6.45, 7) is 12.1. The van der Waals surface area contributed by atoms with Gasteiger partial charge in [-0.05, 0) is 37.4 Å². The minimum absolute atomic E-state index is 0.0875. The predicted molar refractivity (Wildman–Crippen MR) is 90.1 cm³/mol. The fraction of sp³-hybridized carbons (Fsp3) is 0.933. The molecule has 3 atom stereocenters. The average molecular weight is 311 g/mol. The van der Waals surface area contributed by atoms with Crippen LogP contribution >= 0.6 is 0 Å². The molecule has 120 valence electrons. The first-order chi connectivity index (χ1) is 9.68. The van der Waals surface area contributed by atoms with Crippen LogP contribution in [0.5, 0.6) is 0 Å². The molecule has 0 radical (unpaired) electrons. The predicted octanol–water partition coefficient (Wildman–Crippen LogP) is 2.17. The van der Waals surface area contributed by atoms with Crippen molar-refractivity contribution in [2.45, 2.75) is 75.9 Å². The van der Waals surface area contributed by atoms with Gasteiger partial charge in [0.15, 0.2) is 8.32 Å². The molecule has 2 aliphatic heterocycles. The molecule has 0 N–H and O–H groups in total. The maximum absolute atomic E-state index is 11.1. The van der Waals surface area contributed by atoms with Crippen molar-refractivity contribution in [1.82, 2.24) is 4.81 Å². The Hall–Kier alpha value is -0.168. The number of rotatable bonds is 6. The van der Waals surface area contributed by atoms with E-state index in [9.17, 15) is 4.79 Å². The van der Waals surface area contributed by atoms with E-state index in [0.717, 1.165) is 25.4 Å². The maximum Gasteiger partial charge on any atom is 0.281 e. The van der Waals surface area contributed by atoms with Gasteiger partial charge in [0, 0.05) is 13.2 Å². The van der Waals surface area contributed by atoms with Gasteiger partial charge < -0.3 is 18.8 Å². The molecule has 0 saturated carbocycles. The molecular weight excluding hydrogens is 281 g/mol. The molecule has 2 fully saturated rings. The number of nitrogens with zero attached hydrogens (tertiary/aromatic N) is 1. The zero-order valence-corrected chi connectivity index (χ0v) is 15.4. The van der Waals surface area contributed by atoms with E-state index in [2.05, 4.69) is 38.7 Å². The van der Waals surface area contributed by atoms with E-state index in [4.69, 9.17) is 9.16 Å². The van der Waals surface area contributed by atoms with Crippen LogP contribution in [-0.2, 0) is 14.0 Å². The van der Waals surface area contributed by atoms with Crippen LogP contribution in [0.4, 0.5) is 0 Å². The van der Waals surface area contributed by atoms with Crippen LogP contribution < -0.4 is 0 Å². The van der Waals surface area contributed by atoms with E-state index in [1.165, 1.54) is 0 Å². The SMILES string of the molecule is COCC12CCC(CC1O[Si](C)(C)C(C)(C)C)N2BC=O. The summed E-state index contributed by atoms with van der Waals surface area (Å²) in [6.07, 6.45) is 4.52. The number of hydrogen-bond acceptors (Lipinski definition) is 4. The van der Waals surface area contributed by atoms with Crippen LogP contribution in [0.1, 0.15) is 40.0 Å². The van der Waals surface area contributed by atoms with Gasteiger partial charge in [-0.3, -0.25) is 0 Å². The minimum atomic E-state index is -1.81. The Labute approximate surface area is 130 Å². The van der Waals surface area contributed by atoms with Crippen molar-refractivity contribution >= 4 is 21.9 Å². The molecule has 3 unspecified atom stereocenters. The van der Waals surface area contributed by atoms with Gasteiger partial charge >= 0.3 is 0 Å². The molecule has 0 aromatic heterocycles. The molecule has 21 heavy (non-hydrogen) atoms. The topological polar surface area (TPSA) is 38.8 Å². The van der Waals surface area contributed by atoms with E-state index in [-0.39, 0.29) is 16.7 Å². The Kier molecular flexibility index (Phi) is 4.75. The summed E-state index contributed by atoms with van der Waals surface area (Å²) in [4.78, 5) is 13.4. The summed E-state index contributed by atoms with van der Waals surface area (Å²) in [5, 5.41) is 0.207. The van der Waals surface area contributed by atoms with Gasteiger partial charge in [-0.15, -0.1) is 0 Å². The van der Waals surface area contributed by atoms with Crippen LogP contribution in [0.2, 0.25) is 18.1 Å². The van der Waals surface area contributed by atoms with Gasteiger partial charge in [-0.1, -0.05) is 20.8 Å². The highest BCUT2D eigenvalue weighted by molar-refractivity contribution is 6.74. The number of hydrogen-bond donors (Lipinski definition) is 0. The second-order valence-corrected chi connectivity index (χ2v) is 12.9. The summed E-state index contributed by atoms with van der Waals surface area (Å²) < 4.78 is 12.3. The van der Waals surface area contributed by atoms with E-state index < -0.39 is 8.32 Å². The Morgan fingerprint density at radius 1 is 1.43 bits per heavy atom. The van der Waals surface area contributed by atoms with Crippen molar-refractivity contribution in [2.75, 3.05) is 13.7 Å². The van der Waals surface area contributed by atoms with Crippen molar-refractivity contribution in [2.24, 2.45) is 0 Å². The van der Waals surface area contributed by atoms with Gasteiger partial charge in [-0.2, -0.15) is 0 Å². The molecule has 2 aliphatic rings. The number of ether oxygens (including phenoxy) is 1. The summed E-state index contributed by atoms with van der Waals surface area (Å²) in [7, 11) is 0.452. The monoisotopic (exact) mass is 311 g/mol. The van der Waals surface area contributed by atoms with Crippen molar-refractivity contribution in [3.8, 4) is 0 Å². The highest BCUT2D eigenvalue weighted by Gasteiger charge is 2.59. The smallest absolute Gasteiger partial charge is 0.281 e. The summed E-state index contributed by atoms with van der Waals surface area (Å²) in [5.41, 5.74) is -0.0875. The zero-order chi connectivity index (χ0) is 15.9. The highest BCUT2D eigenvalue weighted by atomic mass is 28.4. The lowest BCUT2D eigenvalue weighted by molar-refractivity contribution is 0.0115. The first-order valence-corrected chi connectivity index (χ1v) is 11.0. The minimum Gasteiger partial charge on any atom is -0.412 e. The van der Waals surface area contributed by atoms with Crippen molar-refractivity contribution < 1.29 is 14.0 Å². The third kappa shape index (κ3) is 2.88. The Balaban J connectivity index is 2.23. The van der Waals surface area contributed by atoms with Gasteiger partial charge in [0.2, 0.25) is 0 Å². The molecule has 2 saturated heterocycles. The molecule has 4 nitrogen and oxygen atoms in total. The second-order valence-electron chi connectivity index (χ2n) is 8.15. The van der Waals surface area contributed by atoms with Crippen LogP contribution in [-0.4, -0.2) is 58.1 Å². The standard InChI is InChI=1S/C15H30BNO3Si/c1-14(2,3)21(5,6)20-13-9-12-7-8-15(13,10-19-4)17(12)16-11-18/h11-13,16H,7-10H2,1-6H3. The molecule has 0 aliphatic carbocycles. The molecule has 0 aromatic rings. The molecule has 6 heteroatoms. The highest BCUT2D eigenvalue weighted by Crippen LogP contribution is 2.50. The molecule has 0 spiro atoms. The van der Waals surface area contributed by atoms with Crippen molar-refractivity contribution in [1.29, 1.82) is 0 Å². The summed E-state index contributed by atoms with van der Waals surface area (Å²) in [5.74, 6) is 0. The molecule has 0 aromatic carbocycles. The van der Waals surface area contributed by atoms with Crippen LogP contribution in [0.15, 0.2) is 0 Å². The molecule has 0 amide bonds. The molecule has 2 rings (SSSR count). The lowest BCUT2D eigenvalue weighted by Gasteiger charge is -2.45. The van der Waals surface area contributed by atoms with E-state index in [0.29, 0.717) is 20.1 Å². The lowest BCUT2D eigenvalue weighted by Crippen LogP contribution is -2.57. The molecule has 2 heterocycles. The largest absolute Gasteiger partial charge is 0.412 e. The molecule has 2 bridgehead atoms. The Morgan fingerprint density at radius 3 is 2.62 bits per heavy atom. The first-order valence-electron chi connectivity index (χ1n) is 8.05. The Bertz CT molecular complexity index is 399. The number of carbonyl (C=O) groups is 1. The van der Waals surface area contributed by atoms with Crippen LogP contribution in [0.3, 0.4) is 0 Å². The van der Waals surface area contributed by atoms with E-state index in [1.807, 2.05) is 0 Å². The zero-order valence-electron chi connectivity index (χ0n) is 14.4. The van der Waals surface area contributed by atoms with Gasteiger partial charge in [0.1, 0.15) is 0 Å². The quantitative estimate of drug-likeness (QED) is 0.557. The number of carbonyl (C=O) groups excluding carboxylic acids is 1. The Morgan fingerprint density at radius 2 is 2.10 bits per heavy atom. The van der Waals surface area contributed by atoms with E-state index in [1.54, 1.807) is 7.11 Å².